The molecule has 5 N–H and O–H groups in total. The van der Waals surface area contributed by atoms with Crippen molar-refractivity contribution in [1.29, 1.82) is 0 Å². The molecule has 2 aromatic rings. The zero-order valence-electron chi connectivity index (χ0n) is 19.6. The van der Waals surface area contributed by atoms with Crippen molar-refractivity contribution in [2.45, 2.75) is 36.6 Å². The van der Waals surface area contributed by atoms with Crippen LogP contribution >= 0.6 is 0 Å². The van der Waals surface area contributed by atoms with Gasteiger partial charge < -0.3 is 25.6 Å². The molecule has 0 spiro atoms. The number of nitrogens with one attached hydrogen (secondary N) is 4. The van der Waals surface area contributed by atoms with E-state index in [2.05, 4.69) is 20.6 Å². The van der Waals surface area contributed by atoms with Gasteiger partial charge in [-0.15, -0.1) is 0 Å². The van der Waals surface area contributed by atoms with E-state index in [1.165, 1.54) is 17.4 Å². The molecule has 37 heavy (non-hydrogen) atoms. The minimum Gasteiger partial charge on any atom is -0.480 e. The summed E-state index contributed by atoms with van der Waals surface area (Å²) in [5.41, 5.74) is 0.550. The maximum absolute atomic E-state index is 13.0. The van der Waals surface area contributed by atoms with Gasteiger partial charge in [0, 0.05) is 50.3 Å². The summed E-state index contributed by atoms with van der Waals surface area (Å²) in [6.07, 6.45) is 3.34. The highest BCUT2D eigenvalue weighted by molar-refractivity contribution is 7.90. The number of aliphatic carboxylic acids is 1. The number of carboxylic acid groups (broad SMARTS) is 1. The van der Waals surface area contributed by atoms with Crippen LogP contribution in [0.2, 0.25) is 0 Å². The molecule has 3 rings (SSSR count). The maximum Gasteiger partial charge on any atom is 0.331 e. The Balaban J connectivity index is 1.38. The maximum atomic E-state index is 13.0. The molecule has 1 aliphatic rings. The molecule has 0 radical (unpaired) electrons. The molecule has 0 unspecified atom stereocenters. The monoisotopic (exact) mass is 538 g/mol. The van der Waals surface area contributed by atoms with E-state index in [4.69, 9.17) is 0 Å². The van der Waals surface area contributed by atoms with Crippen LogP contribution in [-0.4, -0.2) is 77.9 Å². The van der Waals surface area contributed by atoms with Crippen LogP contribution in [0.3, 0.4) is 0 Å². The largest absolute Gasteiger partial charge is 0.480 e. The Hall–Kier alpha value is -4.01. The number of sulfonamides is 1. The third-order valence-electron chi connectivity index (χ3n) is 5.76. The quantitative estimate of drug-likeness (QED) is 0.279. The van der Waals surface area contributed by atoms with Crippen LogP contribution in [0.25, 0.3) is 0 Å². The summed E-state index contributed by atoms with van der Waals surface area (Å²) in [5, 5.41) is 14.3. The predicted octanol–water partition coefficient (Wildman–Crippen LogP) is -0.0225. The smallest absolute Gasteiger partial charge is 0.331 e. The van der Waals surface area contributed by atoms with E-state index in [-0.39, 0.29) is 56.1 Å². The summed E-state index contributed by atoms with van der Waals surface area (Å²) in [4.78, 5) is 55.9. The summed E-state index contributed by atoms with van der Waals surface area (Å²) in [7, 11) is -4.17. The van der Waals surface area contributed by atoms with Gasteiger partial charge in [-0.05, 0) is 37.1 Å². The Bertz CT molecular complexity index is 1210. The molecule has 15 heteroatoms. The molecule has 1 saturated heterocycles. The third-order valence-corrected chi connectivity index (χ3v) is 7.10. The molecule has 13 nitrogen and oxygen atoms in total. The number of amides is 4. The zero-order valence-corrected chi connectivity index (χ0v) is 20.5. The van der Waals surface area contributed by atoms with Crippen LogP contribution in [0.15, 0.2) is 41.7 Å². The van der Waals surface area contributed by atoms with Crippen LogP contribution in [0, 0.1) is 11.7 Å². The van der Waals surface area contributed by atoms with Gasteiger partial charge in [0.15, 0.2) is 0 Å². The fraction of sp³-hybridized carbons (Fsp3) is 0.409. The molecule has 4 amide bonds. The van der Waals surface area contributed by atoms with Gasteiger partial charge in [0.2, 0.25) is 11.8 Å². The van der Waals surface area contributed by atoms with Gasteiger partial charge in [0.25, 0.3) is 10.0 Å². The number of likely N-dealkylation sites (tertiary alicyclic amines) is 1. The first-order valence-corrected chi connectivity index (χ1v) is 12.9. The standard InChI is InChI=1S/C22H27FN6O7S/c23-15-1-3-17(4-2-15)37(35,36)28-22(34)29-9-6-14(7-10-29)20(31)25-8-5-19(30)27-18(21(32)33)11-16-12-24-13-26-16/h1-4,12-14,18H,5-11H2,(H,24,26)(H,25,31)(H,27,30)(H,28,34)(H,32,33)/t18-/m0/s1. The number of rotatable bonds is 10. The first-order valence-electron chi connectivity index (χ1n) is 11.4. The Morgan fingerprint density at radius 3 is 2.43 bits per heavy atom. The molecular formula is C22H27FN6O7S. The van der Waals surface area contributed by atoms with Crippen molar-refractivity contribution in [2.75, 3.05) is 19.6 Å². The van der Waals surface area contributed by atoms with Crippen molar-refractivity contribution < 1.29 is 37.1 Å². The van der Waals surface area contributed by atoms with E-state index in [1.807, 2.05) is 4.72 Å². The van der Waals surface area contributed by atoms with Crippen LogP contribution in [0.1, 0.15) is 25.0 Å². The summed E-state index contributed by atoms with van der Waals surface area (Å²) in [6.45, 7) is 0.270. The lowest BCUT2D eigenvalue weighted by Gasteiger charge is -2.31. The van der Waals surface area contributed by atoms with Crippen LogP contribution in [0.4, 0.5) is 9.18 Å². The van der Waals surface area contributed by atoms with Gasteiger partial charge in [-0.1, -0.05) is 0 Å². The van der Waals surface area contributed by atoms with E-state index >= 15 is 0 Å². The molecule has 1 aromatic carbocycles. The third kappa shape index (κ3) is 7.99. The number of nitrogens with zero attached hydrogens (tertiary/aromatic N) is 2. The van der Waals surface area contributed by atoms with Crippen molar-refractivity contribution in [3.8, 4) is 0 Å². The molecule has 0 saturated carbocycles. The topological polar surface area (TPSA) is 191 Å². The van der Waals surface area contributed by atoms with Crippen molar-refractivity contribution in [1.82, 2.24) is 30.2 Å². The number of piperidine rings is 1. The number of imidazole rings is 1. The predicted molar refractivity (Wildman–Crippen MR) is 126 cm³/mol. The normalized spacial score (nSPS) is 15.0. The highest BCUT2D eigenvalue weighted by atomic mass is 32.2. The summed E-state index contributed by atoms with van der Waals surface area (Å²) >= 11 is 0. The van der Waals surface area contributed by atoms with Gasteiger partial charge in [0.05, 0.1) is 11.2 Å². The minimum absolute atomic E-state index is 0.00230. The van der Waals surface area contributed by atoms with Gasteiger partial charge in [-0.25, -0.2) is 32.1 Å². The van der Waals surface area contributed by atoms with Gasteiger partial charge in [-0.2, -0.15) is 0 Å². The van der Waals surface area contributed by atoms with Crippen LogP contribution < -0.4 is 15.4 Å². The number of urea groups is 1. The van der Waals surface area contributed by atoms with Crippen LogP contribution in [0.5, 0.6) is 0 Å². The number of hydrogen-bond acceptors (Lipinski definition) is 7. The molecule has 1 aliphatic heterocycles. The molecule has 0 aliphatic carbocycles. The molecular weight excluding hydrogens is 511 g/mol. The average Bonchev–Trinajstić information content (AvgIpc) is 3.37. The lowest BCUT2D eigenvalue weighted by Crippen LogP contribution is -2.48. The number of carbonyl (C=O) groups excluding carboxylic acids is 3. The van der Waals surface area contributed by atoms with E-state index in [1.54, 1.807) is 0 Å². The first-order chi connectivity index (χ1) is 17.5. The summed E-state index contributed by atoms with van der Waals surface area (Å²) < 4.78 is 39.6. The summed E-state index contributed by atoms with van der Waals surface area (Å²) in [5.74, 6) is -3.11. The van der Waals surface area contributed by atoms with Gasteiger partial charge in [-0.3, -0.25) is 9.59 Å². The highest BCUT2D eigenvalue weighted by Gasteiger charge is 2.29. The number of H-pyrrole nitrogens is 1. The Morgan fingerprint density at radius 1 is 1.16 bits per heavy atom. The number of aromatic amines is 1. The Kier molecular flexibility index (Phi) is 9.16. The molecule has 200 valence electrons. The van der Waals surface area contributed by atoms with E-state index in [9.17, 15) is 37.1 Å². The number of halogens is 1. The first kappa shape index (κ1) is 27.6. The lowest BCUT2D eigenvalue weighted by atomic mass is 9.96. The molecule has 1 atom stereocenters. The average molecular weight is 539 g/mol. The van der Waals surface area contributed by atoms with Crippen LogP contribution in [-0.2, 0) is 30.8 Å². The molecule has 1 aromatic heterocycles. The van der Waals surface area contributed by atoms with Crippen molar-refractivity contribution in [3.63, 3.8) is 0 Å². The van der Waals surface area contributed by atoms with Gasteiger partial charge >= 0.3 is 12.0 Å². The lowest BCUT2D eigenvalue weighted by molar-refractivity contribution is -0.141. The molecule has 1 fully saturated rings. The SMILES string of the molecule is O=C(CCNC(=O)C1CCN(C(=O)NS(=O)(=O)c2ccc(F)cc2)CC1)N[C@@H](Cc1cnc[nH]1)C(=O)O. The highest BCUT2D eigenvalue weighted by Crippen LogP contribution is 2.18. The zero-order chi connectivity index (χ0) is 27.0. The Labute approximate surface area is 211 Å². The summed E-state index contributed by atoms with van der Waals surface area (Å²) in [6, 6.07) is 2.04. The van der Waals surface area contributed by atoms with Gasteiger partial charge in [0.1, 0.15) is 11.9 Å². The van der Waals surface area contributed by atoms with Crippen molar-refractivity contribution in [2.24, 2.45) is 5.92 Å². The number of carbonyl (C=O) groups is 4. The number of aromatic nitrogens is 2. The van der Waals surface area contributed by atoms with Crippen molar-refractivity contribution in [3.05, 3.63) is 48.3 Å². The van der Waals surface area contributed by atoms with E-state index in [0.717, 1.165) is 24.3 Å². The number of carboxylic acids is 1. The second-order valence-electron chi connectivity index (χ2n) is 8.41. The number of hydrogen-bond donors (Lipinski definition) is 5. The fourth-order valence-electron chi connectivity index (χ4n) is 3.72. The van der Waals surface area contributed by atoms with E-state index < -0.39 is 45.7 Å². The minimum atomic E-state index is -4.17. The molecule has 0 bridgehead atoms. The second kappa shape index (κ2) is 12.3. The van der Waals surface area contributed by atoms with Crippen molar-refractivity contribution >= 4 is 33.8 Å². The fourth-order valence-corrected chi connectivity index (χ4v) is 4.69. The van der Waals surface area contributed by atoms with E-state index in [0.29, 0.717) is 5.69 Å². The Morgan fingerprint density at radius 2 is 1.84 bits per heavy atom. The second-order valence-corrected chi connectivity index (χ2v) is 10.1. The number of benzene rings is 1. The molecule has 2 heterocycles.